The molecule has 0 amide bonds. The molecule has 0 aromatic heterocycles. The van der Waals surface area contributed by atoms with Crippen molar-refractivity contribution in [3.05, 3.63) is 0 Å². The van der Waals surface area contributed by atoms with Crippen LogP contribution in [0.3, 0.4) is 0 Å². The fraction of sp³-hybridized carbons (Fsp3) is 0.941. The summed E-state index contributed by atoms with van der Waals surface area (Å²) in [6.45, 7) is 14.9. The Bertz CT molecular complexity index is 338. The topological polar surface area (TPSA) is 52.6 Å². The highest BCUT2D eigenvalue weighted by Crippen LogP contribution is 2.33. The van der Waals surface area contributed by atoms with Gasteiger partial charge in [0.25, 0.3) is 0 Å². The van der Waals surface area contributed by atoms with Gasteiger partial charge in [0.2, 0.25) is 0 Å². The molecule has 1 aliphatic heterocycles. The predicted molar refractivity (Wildman–Crippen MR) is 87.6 cm³/mol. The van der Waals surface area contributed by atoms with Crippen LogP contribution in [0.4, 0.5) is 0 Å². The van der Waals surface area contributed by atoms with Gasteiger partial charge < -0.3 is 15.3 Å². The Labute approximate surface area is 130 Å². The van der Waals surface area contributed by atoms with E-state index in [-0.39, 0.29) is 0 Å². The van der Waals surface area contributed by atoms with Crippen molar-refractivity contribution in [1.29, 1.82) is 0 Å². The van der Waals surface area contributed by atoms with E-state index in [1.165, 1.54) is 6.42 Å². The molecule has 0 saturated carbocycles. The van der Waals surface area contributed by atoms with Gasteiger partial charge in [0, 0.05) is 6.54 Å². The standard InChI is InChI=1S/C17H34N2O2/c1-6-10-18-17(5,15(20)21)9-7-11-19-12-8-14(13-19)16(2,3)4/h14,18H,6-13H2,1-5H3,(H,20,21). The molecule has 0 bridgehead atoms. The molecule has 2 atom stereocenters. The number of nitrogens with zero attached hydrogens (tertiary/aromatic N) is 1. The maximum Gasteiger partial charge on any atom is 0.323 e. The molecule has 0 spiro atoms. The second-order valence-corrected chi connectivity index (χ2v) is 7.82. The summed E-state index contributed by atoms with van der Waals surface area (Å²) < 4.78 is 0. The summed E-state index contributed by atoms with van der Waals surface area (Å²) in [5, 5.41) is 12.6. The second kappa shape index (κ2) is 7.59. The zero-order valence-corrected chi connectivity index (χ0v) is 14.5. The van der Waals surface area contributed by atoms with E-state index >= 15 is 0 Å². The smallest absolute Gasteiger partial charge is 0.323 e. The van der Waals surface area contributed by atoms with Crippen molar-refractivity contribution in [2.24, 2.45) is 11.3 Å². The van der Waals surface area contributed by atoms with Crippen LogP contribution >= 0.6 is 0 Å². The van der Waals surface area contributed by atoms with Gasteiger partial charge in [-0.15, -0.1) is 0 Å². The highest BCUT2D eigenvalue weighted by atomic mass is 16.4. The van der Waals surface area contributed by atoms with E-state index in [2.05, 4.69) is 37.9 Å². The molecule has 0 radical (unpaired) electrons. The van der Waals surface area contributed by atoms with Crippen molar-refractivity contribution in [3.8, 4) is 0 Å². The number of carboxylic acids is 1. The Morgan fingerprint density at radius 2 is 2.00 bits per heavy atom. The van der Waals surface area contributed by atoms with Crippen molar-refractivity contribution in [1.82, 2.24) is 10.2 Å². The molecular formula is C17H34N2O2. The molecule has 2 N–H and O–H groups in total. The zero-order chi connectivity index (χ0) is 16.1. The summed E-state index contributed by atoms with van der Waals surface area (Å²) in [6, 6.07) is 0. The summed E-state index contributed by atoms with van der Waals surface area (Å²) in [5.41, 5.74) is -0.397. The third-order valence-corrected chi connectivity index (χ3v) is 4.89. The number of likely N-dealkylation sites (tertiary alicyclic amines) is 1. The minimum absolute atomic E-state index is 0.382. The van der Waals surface area contributed by atoms with Crippen LogP contribution in [-0.2, 0) is 4.79 Å². The average Bonchev–Trinajstić information content (AvgIpc) is 2.85. The summed E-state index contributed by atoms with van der Waals surface area (Å²) in [5.74, 6) is 0.0338. The largest absolute Gasteiger partial charge is 0.480 e. The number of carboxylic acid groups (broad SMARTS) is 1. The molecule has 1 saturated heterocycles. The van der Waals surface area contributed by atoms with Crippen molar-refractivity contribution in [2.45, 2.75) is 65.8 Å². The molecule has 21 heavy (non-hydrogen) atoms. The van der Waals surface area contributed by atoms with E-state index in [1.54, 1.807) is 0 Å². The first kappa shape index (κ1) is 18.4. The zero-order valence-electron chi connectivity index (χ0n) is 14.5. The van der Waals surface area contributed by atoms with Crippen molar-refractivity contribution < 1.29 is 9.90 Å². The number of hydrogen-bond donors (Lipinski definition) is 2. The van der Waals surface area contributed by atoms with E-state index in [1.807, 2.05) is 6.92 Å². The monoisotopic (exact) mass is 298 g/mol. The minimum atomic E-state index is -0.779. The van der Waals surface area contributed by atoms with Gasteiger partial charge in [-0.1, -0.05) is 27.7 Å². The summed E-state index contributed by atoms with van der Waals surface area (Å²) in [7, 11) is 0. The van der Waals surface area contributed by atoms with E-state index in [9.17, 15) is 9.90 Å². The van der Waals surface area contributed by atoms with Crippen LogP contribution in [0.15, 0.2) is 0 Å². The van der Waals surface area contributed by atoms with E-state index in [0.29, 0.717) is 11.8 Å². The van der Waals surface area contributed by atoms with Gasteiger partial charge >= 0.3 is 5.97 Å². The molecule has 1 rings (SSSR count). The average molecular weight is 298 g/mol. The maximum absolute atomic E-state index is 11.5. The highest BCUT2D eigenvalue weighted by Gasteiger charge is 2.34. The van der Waals surface area contributed by atoms with E-state index in [4.69, 9.17) is 0 Å². The van der Waals surface area contributed by atoms with Gasteiger partial charge in [-0.3, -0.25) is 4.79 Å². The molecule has 0 aliphatic carbocycles. The molecule has 4 heteroatoms. The van der Waals surface area contributed by atoms with Gasteiger partial charge in [0.1, 0.15) is 5.54 Å². The van der Waals surface area contributed by atoms with Crippen molar-refractivity contribution in [3.63, 3.8) is 0 Å². The van der Waals surface area contributed by atoms with Gasteiger partial charge in [-0.05, 0) is 63.6 Å². The van der Waals surface area contributed by atoms with Gasteiger partial charge in [0.15, 0.2) is 0 Å². The Balaban J connectivity index is 2.37. The lowest BCUT2D eigenvalue weighted by Gasteiger charge is -2.28. The normalized spacial score (nSPS) is 23.2. The molecule has 1 heterocycles. The fourth-order valence-electron chi connectivity index (χ4n) is 3.07. The summed E-state index contributed by atoms with van der Waals surface area (Å²) >= 11 is 0. The van der Waals surface area contributed by atoms with Crippen LogP contribution < -0.4 is 5.32 Å². The molecule has 0 aromatic carbocycles. The van der Waals surface area contributed by atoms with Gasteiger partial charge in [-0.25, -0.2) is 0 Å². The van der Waals surface area contributed by atoms with Crippen LogP contribution in [0.25, 0.3) is 0 Å². The fourth-order valence-corrected chi connectivity index (χ4v) is 3.07. The van der Waals surface area contributed by atoms with E-state index < -0.39 is 11.5 Å². The predicted octanol–water partition coefficient (Wildman–Crippen LogP) is 2.98. The molecule has 1 fully saturated rings. The van der Waals surface area contributed by atoms with Crippen LogP contribution in [0.1, 0.15) is 60.3 Å². The lowest BCUT2D eigenvalue weighted by atomic mass is 9.80. The number of aliphatic carboxylic acids is 1. The second-order valence-electron chi connectivity index (χ2n) is 7.82. The first-order valence-electron chi connectivity index (χ1n) is 8.40. The quantitative estimate of drug-likeness (QED) is 0.723. The van der Waals surface area contributed by atoms with Crippen LogP contribution in [0.2, 0.25) is 0 Å². The highest BCUT2D eigenvalue weighted by molar-refractivity contribution is 5.78. The Kier molecular flexibility index (Phi) is 6.67. The summed E-state index contributed by atoms with van der Waals surface area (Å²) in [6.07, 6.45) is 3.87. The van der Waals surface area contributed by atoms with Crippen molar-refractivity contribution in [2.75, 3.05) is 26.2 Å². The Morgan fingerprint density at radius 3 is 2.48 bits per heavy atom. The lowest BCUT2D eigenvalue weighted by Crippen LogP contribution is -2.50. The first-order chi connectivity index (χ1) is 9.69. The first-order valence-corrected chi connectivity index (χ1v) is 8.40. The van der Waals surface area contributed by atoms with E-state index in [0.717, 1.165) is 44.9 Å². The molecule has 1 aliphatic rings. The maximum atomic E-state index is 11.5. The summed E-state index contributed by atoms with van der Waals surface area (Å²) in [4.78, 5) is 14.0. The molecule has 2 unspecified atom stereocenters. The number of carbonyl (C=O) groups is 1. The molecular weight excluding hydrogens is 264 g/mol. The Morgan fingerprint density at radius 1 is 1.33 bits per heavy atom. The molecule has 0 aromatic rings. The van der Waals surface area contributed by atoms with Gasteiger partial charge in [-0.2, -0.15) is 0 Å². The molecule has 4 nitrogen and oxygen atoms in total. The lowest BCUT2D eigenvalue weighted by molar-refractivity contribution is -0.144. The van der Waals surface area contributed by atoms with Crippen LogP contribution in [0.5, 0.6) is 0 Å². The number of nitrogens with one attached hydrogen (secondary N) is 1. The minimum Gasteiger partial charge on any atom is -0.480 e. The van der Waals surface area contributed by atoms with Crippen LogP contribution in [-0.4, -0.2) is 47.7 Å². The van der Waals surface area contributed by atoms with Gasteiger partial charge in [0.05, 0.1) is 0 Å². The number of rotatable bonds is 8. The SMILES string of the molecule is CCCNC(C)(CCCN1CCC(C(C)(C)C)C1)C(=O)O. The molecule has 124 valence electrons. The number of hydrogen-bond acceptors (Lipinski definition) is 3. The van der Waals surface area contributed by atoms with Crippen molar-refractivity contribution >= 4 is 5.97 Å². The Hall–Kier alpha value is -0.610. The third-order valence-electron chi connectivity index (χ3n) is 4.89. The third kappa shape index (κ3) is 5.59. The van der Waals surface area contributed by atoms with Crippen LogP contribution in [0, 0.1) is 11.3 Å².